The Bertz CT molecular complexity index is 392. The molecule has 0 aromatic carbocycles. The van der Waals surface area contributed by atoms with Gasteiger partial charge in [-0.3, -0.25) is 4.79 Å². The van der Waals surface area contributed by atoms with Gasteiger partial charge in [0.1, 0.15) is 4.88 Å². The summed E-state index contributed by atoms with van der Waals surface area (Å²) in [6.07, 6.45) is -0.788. The fourth-order valence-corrected chi connectivity index (χ4v) is 1.74. The zero-order chi connectivity index (χ0) is 13.1. The highest BCUT2D eigenvalue weighted by atomic mass is 32.1. The molecule has 0 saturated heterocycles. The van der Waals surface area contributed by atoms with Crippen LogP contribution in [0.4, 0.5) is 0 Å². The van der Waals surface area contributed by atoms with E-state index in [-0.39, 0.29) is 11.4 Å². The standard InChI is InChI=1S/C12H17NO3S/c1-8(10(14)13-12(2,3)4)16-11(15)9-6-5-7-17-9/h5-8H,1-4H3,(H,13,14)/t8-/m0/s1. The van der Waals surface area contributed by atoms with E-state index in [9.17, 15) is 9.59 Å². The van der Waals surface area contributed by atoms with Gasteiger partial charge < -0.3 is 10.1 Å². The third kappa shape index (κ3) is 4.56. The number of amides is 1. The van der Waals surface area contributed by atoms with Crippen LogP contribution in [0.5, 0.6) is 0 Å². The molecule has 0 radical (unpaired) electrons. The van der Waals surface area contributed by atoms with Crippen molar-refractivity contribution in [2.75, 3.05) is 0 Å². The number of thiophene rings is 1. The number of hydrogen-bond donors (Lipinski definition) is 1. The molecule has 4 nitrogen and oxygen atoms in total. The van der Waals surface area contributed by atoms with E-state index >= 15 is 0 Å². The second-order valence-corrected chi connectivity index (χ2v) is 5.71. The zero-order valence-corrected chi connectivity index (χ0v) is 11.3. The van der Waals surface area contributed by atoms with Gasteiger partial charge in [0.05, 0.1) is 0 Å². The van der Waals surface area contributed by atoms with Gasteiger partial charge in [-0.1, -0.05) is 6.07 Å². The van der Waals surface area contributed by atoms with E-state index < -0.39 is 12.1 Å². The molecule has 0 aliphatic carbocycles. The normalized spacial score (nSPS) is 12.9. The lowest BCUT2D eigenvalue weighted by molar-refractivity contribution is -0.130. The van der Waals surface area contributed by atoms with Crippen molar-refractivity contribution < 1.29 is 14.3 Å². The van der Waals surface area contributed by atoms with Crippen LogP contribution in [0.3, 0.4) is 0 Å². The molecule has 0 aliphatic rings. The molecular weight excluding hydrogens is 238 g/mol. The van der Waals surface area contributed by atoms with Crippen LogP contribution in [0.1, 0.15) is 37.4 Å². The topological polar surface area (TPSA) is 55.4 Å². The van der Waals surface area contributed by atoms with Crippen molar-refractivity contribution in [3.05, 3.63) is 22.4 Å². The summed E-state index contributed by atoms with van der Waals surface area (Å²) in [5.41, 5.74) is -0.333. The summed E-state index contributed by atoms with van der Waals surface area (Å²) in [6, 6.07) is 3.43. The maximum Gasteiger partial charge on any atom is 0.349 e. The van der Waals surface area contributed by atoms with Crippen molar-refractivity contribution in [1.29, 1.82) is 0 Å². The monoisotopic (exact) mass is 255 g/mol. The molecule has 1 rings (SSSR count). The minimum absolute atomic E-state index is 0.289. The maximum absolute atomic E-state index is 11.7. The van der Waals surface area contributed by atoms with E-state index in [1.807, 2.05) is 20.8 Å². The number of nitrogens with one attached hydrogen (secondary N) is 1. The number of hydrogen-bond acceptors (Lipinski definition) is 4. The Balaban J connectivity index is 2.52. The van der Waals surface area contributed by atoms with E-state index in [0.29, 0.717) is 4.88 Å². The Kier molecular flexibility index (Phi) is 4.28. The summed E-state index contributed by atoms with van der Waals surface area (Å²) < 4.78 is 5.06. The molecule has 17 heavy (non-hydrogen) atoms. The van der Waals surface area contributed by atoms with Gasteiger partial charge in [0.15, 0.2) is 6.10 Å². The van der Waals surface area contributed by atoms with Crippen molar-refractivity contribution >= 4 is 23.2 Å². The second kappa shape index (κ2) is 5.31. The number of carbonyl (C=O) groups is 2. The van der Waals surface area contributed by atoms with E-state index in [1.165, 1.54) is 11.3 Å². The van der Waals surface area contributed by atoms with Crippen LogP contribution in [-0.4, -0.2) is 23.5 Å². The Morgan fingerprint density at radius 2 is 2.06 bits per heavy atom. The third-order valence-corrected chi connectivity index (χ3v) is 2.72. The van der Waals surface area contributed by atoms with E-state index in [4.69, 9.17) is 4.74 Å². The molecule has 0 fully saturated rings. The Morgan fingerprint density at radius 3 is 2.53 bits per heavy atom. The number of esters is 1. The average Bonchev–Trinajstić information content (AvgIpc) is 2.67. The summed E-state index contributed by atoms with van der Waals surface area (Å²) in [5, 5.41) is 4.54. The SMILES string of the molecule is C[C@H](OC(=O)c1cccs1)C(=O)NC(C)(C)C. The van der Waals surface area contributed by atoms with E-state index in [2.05, 4.69) is 5.32 Å². The van der Waals surface area contributed by atoms with Crippen LogP contribution in [-0.2, 0) is 9.53 Å². The quantitative estimate of drug-likeness (QED) is 0.842. The molecule has 1 aromatic rings. The van der Waals surface area contributed by atoms with Gasteiger partial charge in [0.2, 0.25) is 0 Å². The summed E-state index contributed by atoms with van der Waals surface area (Å²) in [6.45, 7) is 7.18. The smallest absolute Gasteiger partial charge is 0.349 e. The molecule has 1 N–H and O–H groups in total. The third-order valence-electron chi connectivity index (χ3n) is 1.87. The van der Waals surface area contributed by atoms with Gasteiger partial charge >= 0.3 is 5.97 Å². The molecule has 1 aromatic heterocycles. The van der Waals surface area contributed by atoms with Gasteiger partial charge in [-0.05, 0) is 39.1 Å². The predicted octanol–water partition coefficient (Wildman–Crippen LogP) is 2.21. The molecule has 1 atom stereocenters. The highest BCUT2D eigenvalue weighted by Gasteiger charge is 2.23. The van der Waals surface area contributed by atoms with Crippen LogP contribution < -0.4 is 5.32 Å². The van der Waals surface area contributed by atoms with Gasteiger partial charge in [0.25, 0.3) is 5.91 Å². The first kappa shape index (κ1) is 13.7. The van der Waals surface area contributed by atoms with Crippen LogP contribution in [0.15, 0.2) is 17.5 Å². The van der Waals surface area contributed by atoms with Crippen molar-refractivity contribution in [2.24, 2.45) is 0 Å². The van der Waals surface area contributed by atoms with Crippen molar-refractivity contribution in [2.45, 2.75) is 39.3 Å². The molecular formula is C12H17NO3S. The molecule has 0 bridgehead atoms. The molecule has 0 unspecified atom stereocenters. The molecule has 5 heteroatoms. The minimum Gasteiger partial charge on any atom is -0.448 e. The Hall–Kier alpha value is -1.36. The number of ether oxygens (including phenoxy) is 1. The summed E-state index contributed by atoms with van der Waals surface area (Å²) in [7, 11) is 0. The van der Waals surface area contributed by atoms with E-state index in [1.54, 1.807) is 24.4 Å². The van der Waals surface area contributed by atoms with Gasteiger partial charge in [-0.25, -0.2) is 4.79 Å². The fourth-order valence-electron chi connectivity index (χ4n) is 1.14. The Morgan fingerprint density at radius 1 is 1.41 bits per heavy atom. The highest BCUT2D eigenvalue weighted by molar-refractivity contribution is 7.11. The largest absolute Gasteiger partial charge is 0.448 e. The fraction of sp³-hybridized carbons (Fsp3) is 0.500. The molecule has 94 valence electrons. The summed E-state index contributed by atoms with van der Waals surface area (Å²) in [4.78, 5) is 23.8. The van der Waals surface area contributed by atoms with Gasteiger partial charge in [-0.2, -0.15) is 0 Å². The van der Waals surface area contributed by atoms with Crippen LogP contribution in [0.25, 0.3) is 0 Å². The molecule has 0 aliphatic heterocycles. The molecule has 0 saturated carbocycles. The minimum atomic E-state index is -0.788. The molecule has 1 amide bonds. The molecule has 0 spiro atoms. The van der Waals surface area contributed by atoms with Gasteiger partial charge in [-0.15, -0.1) is 11.3 Å². The second-order valence-electron chi connectivity index (χ2n) is 4.76. The van der Waals surface area contributed by atoms with Gasteiger partial charge in [0, 0.05) is 5.54 Å². The first-order valence-electron chi connectivity index (χ1n) is 5.36. The highest BCUT2D eigenvalue weighted by Crippen LogP contribution is 2.11. The van der Waals surface area contributed by atoms with Crippen LogP contribution in [0.2, 0.25) is 0 Å². The lowest BCUT2D eigenvalue weighted by atomic mass is 10.1. The van der Waals surface area contributed by atoms with Crippen molar-refractivity contribution in [1.82, 2.24) is 5.32 Å². The summed E-state index contributed by atoms with van der Waals surface area (Å²) >= 11 is 1.29. The van der Waals surface area contributed by atoms with Crippen LogP contribution >= 0.6 is 11.3 Å². The summed E-state index contributed by atoms with van der Waals surface area (Å²) in [5.74, 6) is -0.751. The van der Waals surface area contributed by atoms with Crippen LogP contribution in [0, 0.1) is 0 Å². The maximum atomic E-state index is 11.7. The Labute approximate surface area is 105 Å². The zero-order valence-electron chi connectivity index (χ0n) is 10.4. The lowest BCUT2D eigenvalue weighted by Crippen LogP contribution is -2.46. The first-order chi connectivity index (χ1) is 7.79. The average molecular weight is 255 g/mol. The number of rotatable bonds is 3. The molecule has 1 heterocycles. The van der Waals surface area contributed by atoms with E-state index in [0.717, 1.165) is 0 Å². The number of carbonyl (C=O) groups excluding carboxylic acids is 2. The van der Waals surface area contributed by atoms with Crippen molar-refractivity contribution in [3.63, 3.8) is 0 Å². The lowest BCUT2D eigenvalue weighted by Gasteiger charge is -2.23. The predicted molar refractivity (Wildman–Crippen MR) is 67.1 cm³/mol. The first-order valence-corrected chi connectivity index (χ1v) is 6.24. The van der Waals surface area contributed by atoms with Crippen molar-refractivity contribution in [3.8, 4) is 0 Å².